The molecule has 1 rings (SSSR count). The van der Waals surface area contributed by atoms with Gasteiger partial charge in [0.1, 0.15) is 0 Å². The molecule has 2 nitrogen and oxygen atoms in total. The average molecular weight is 371 g/mol. The Morgan fingerprint density at radius 3 is 2.38 bits per heavy atom. The minimum atomic E-state index is -1.81. The van der Waals surface area contributed by atoms with Gasteiger partial charge in [-0.2, -0.15) is 0 Å². The van der Waals surface area contributed by atoms with Crippen LogP contribution >= 0.6 is 15.9 Å². The normalized spacial score (nSPS) is 15.6. The first-order valence-electron chi connectivity index (χ1n) is 7.29. The Morgan fingerprint density at radius 1 is 1.33 bits per heavy atom. The Morgan fingerprint density at radius 2 is 1.90 bits per heavy atom. The SMILES string of the molecule is C=C[C@H](CO[Si](C)(C)C(C)(C)C)[C@H](O)c1ccccc1Br. The minimum absolute atomic E-state index is 0.113. The third-order valence-electron chi connectivity index (χ3n) is 4.37. The first-order chi connectivity index (χ1) is 9.60. The lowest BCUT2D eigenvalue weighted by atomic mass is 9.97. The fourth-order valence-electron chi connectivity index (χ4n) is 1.75. The summed E-state index contributed by atoms with van der Waals surface area (Å²) in [6, 6.07) is 7.73. The highest BCUT2D eigenvalue weighted by molar-refractivity contribution is 9.10. The maximum atomic E-state index is 10.6. The van der Waals surface area contributed by atoms with E-state index in [2.05, 4.69) is 56.4 Å². The van der Waals surface area contributed by atoms with Gasteiger partial charge in [0.2, 0.25) is 0 Å². The molecule has 0 aromatic heterocycles. The molecule has 0 aliphatic heterocycles. The molecule has 1 aromatic rings. The van der Waals surface area contributed by atoms with Crippen LogP contribution in [0.5, 0.6) is 0 Å². The van der Waals surface area contributed by atoms with Crippen molar-refractivity contribution in [2.45, 2.75) is 45.0 Å². The fraction of sp³-hybridized carbons (Fsp3) is 0.529. The van der Waals surface area contributed by atoms with Gasteiger partial charge in [-0.05, 0) is 29.8 Å². The molecule has 1 aromatic carbocycles. The van der Waals surface area contributed by atoms with Crippen molar-refractivity contribution in [3.8, 4) is 0 Å². The lowest BCUT2D eigenvalue weighted by Gasteiger charge is -2.37. The summed E-state index contributed by atoms with van der Waals surface area (Å²) in [6.45, 7) is 15.4. The number of aliphatic hydroxyl groups excluding tert-OH is 1. The van der Waals surface area contributed by atoms with E-state index in [1.807, 2.05) is 24.3 Å². The van der Waals surface area contributed by atoms with Crippen LogP contribution in [-0.2, 0) is 4.43 Å². The lowest BCUT2D eigenvalue weighted by molar-refractivity contribution is 0.0944. The highest BCUT2D eigenvalue weighted by Gasteiger charge is 2.38. The van der Waals surface area contributed by atoms with Gasteiger partial charge in [0.05, 0.1) is 6.10 Å². The Labute approximate surface area is 138 Å². The van der Waals surface area contributed by atoms with Crippen LogP contribution in [0.25, 0.3) is 0 Å². The molecule has 2 atom stereocenters. The molecule has 0 radical (unpaired) electrons. The minimum Gasteiger partial charge on any atom is -0.416 e. The summed E-state index contributed by atoms with van der Waals surface area (Å²) >= 11 is 3.49. The lowest BCUT2D eigenvalue weighted by Crippen LogP contribution is -2.42. The topological polar surface area (TPSA) is 29.5 Å². The molecule has 4 heteroatoms. The molecule has 0 amide bonds. The van der Waals surface area contributed by atoms with Gasteiger partial charge in [-0.3, -0.25) is 0 Å². The van der Waals surface area contributed by atoms with Gasteiger partial charge < -0.3 is 9.53 Å². The summed E-state index contributed by atoms with van der Waals surface area (Å²) in [5.74, 6) is -0.113. The monoisotopic (exact) mass is 370 g/mol. The Balaban J connectivity index is 2.81. The molecule has 0 saturated heterocycles. The first kappa shape index (κ1) is 18.6. The number of benzene rings is 1. The van der Waals surface area contributed by atoms with E-state index >= 15 is 0 Å². The summed E-state index contributed by atoms with van der Waals surface area (Å²) < 4.78 is 7.14. The zero-order chi connectivity index (χ0) is 16.3. The molecule has 0 bridgehead atoms. The second kappa shape index (κ2) is 7.23. The van der Waals surface area contributed by atoms with Gasteiger partial charge in [-0.15, -0.1) is 6.58 Å². The van der Waals surface area contributed by atoms with Gasteiger partial charge >= 0.3 is 0 Å². The van der Waals surface area contributed by atoms with Crippen molar-refractivity contribution < 1.29 is 9.53 Å². The zero-order valence-corrected chi connectivity index (χ0v) is 16.3. The second-order valence-corrected chi connectivity index (χ2v) is 12.6. The molecule has 1 N–H and O–H groups in total. The predicted molar refractivity (Wildman–Crippen MR) is 95.9 cm³/mol. The van der Waals surface area contributed by atoms with Gasteiger partial charge in [0.25, 0.3) is 0 Å². The van der Waals surface area contributed by atoms with E-state index in [9.17, 15) is 5.11 Å². The molecule has 118 valence electrons. The van der Waals surface area contributed by atoms with Crippen LogP contribution in [0, 0.1) is 5.92 Å². The number of hydrogen-bond donors (Lipinski definition) is 1. The zero-order valence-electron chi connectivity index (χ0n) is 13.7. The van der Waals surface area contributed by atoms with Crippen molar-refractivity contribution in [1.82, 2.24) is 0 Å². The predicted octanol–water partition coefficient (Wildman–Crippen LogP) is 5.31. The molecule has 0 unspecified atom stereocenters. The molecule has 21 heavy (non-hydrogen) atoms. The summed E-state index contributed by atoms with van der Waals surface area (Å²) in [7, 11) is -1.81. The largest absolute Gasteiger partial charge is 0.416 e. The Hall–Kier alpha value is -0.423. The number of hydrogen-bond acceptors (Lipinski definition) is 2. The maximum absolute atomic E-state index is 10.6. The quantitative estimate of drug-likeness (QED) is 0.543. The third kappa shape index (κ3) is 4.78. The van der Waals surface area contributed by atoms with E-state index in [-0.39, 0.29) is 11.0 Å². The van der Waals surface area contributed by atoms with Crippen molar-refractivity contribution in [3.63, 3.8) is 0 Å². The van der Waals surface area contributed by atoms with Gasteiger partial charge in [-0.1, -0.05) is 61.0 Å². The van der Waals surface area contributed by atoms with E-state index in [0.717, 1.165) is 10.0 Å². The smallest absolute Gasteiger partial charge is 0.192 e. The Bertz CT molecular complexity index is 480. The van der Waals surface area contributed by atoms with Crippen LogP contribution in [-0.4, -0.2) is 20.0 Å². The van der Waals surface area contributed by atoms with E-state index in [1.165, 1.54) is 0 Å². The molecule has 0 spiro atoms. The highest BCUT2D eigenvalue weighted by atomic mass is 79.9. The van der Waals surface area contributed by atoms with E-state index in [4.69, 9.17) is 4.43 Å². The standard InChI is InChI=1S/C17H27BrO2Si/c1-7-13(12-20-21(5,6)17(2,3)4)16(19)14-10-8-9-11-15(14)18/h7-11,13,16,19H,1,12H2,2-6H3/t13-,16+/m1/s1. The van der Waals surface area contributed by atoms with Gasteiger partial charge in [0.15, 0.2) is 8.32 Å². The summed E-state index contributed by atoms with van der Waals surface area (Å²) in [5, 5.41) is 10.8. The van der Waals surface area contributed by atoms with E-state index in [0.29, 0.717) is 6.61 Å². The number of rotatable bonds is 6. The summed E-state index contributed by atoms with van der Waals surface area (Å²) in [5.41, 5.74) is 0.876. The Kier molecular flexibility index (Phi) is 6.41. The molecule has 0 fully saturated rings. The summed E-state index contributed by atoms with van der Waals surface area (Å²) in [6.07, 6.45) is 1.18. The van der Waals surface area contributed by atoms with E-state index in [1.54, 1.807) is 6.08 Å². The molecular formula is C17H27BrO2Si. The number of halogens is 1. The van der Waals surface area contributed by atoms with Crippen LogP contribution in [0.15, 0.2) is 41.4 Å². The van der Waals surface area contributed by atoms with Gasteiger partial charge in [0, 0.05) is 17.0 Å². The van der Waals surface area contributed by atoms with Crippen LogP contribution in [0.4, 0.5) is 0 Å². The van der Waals surface area contributed by atoms with Crippen molar-refractivity contribution in [1.29, 1.82) is 0 Å². The van der Waals surface area contributed by atoms with Crippen molar-refractivity contribution in [2.75, 3.05) is 6.61 Å². The maximum Gasteiger partial charge on any atom is 0.192 e. The first-order valence-corrected chi connectivity index (χ1v) is 11.0. The molecule has 0 heterocycles. The van der Waals surface area contributed by atoms with Crippen molar-refractivity contribution in [2.24, 2.45) is 5.92 Å². The third-order valence-corrected chi connectivity index (χ3v) is 9.60. The van der Waals surface area contributed by atoms with Crippen LogP contribution in [0.3, 0.4) is 0 Å². The van der Waals surface area contributed by atoms with Gasteiger partial charge in [-0.25, -0.2) is 0 Å². The average Bonchev–Trinajstić information content (AvgIpc) is 2.38. The molecule has 0 aliphatic rings. The molecule has 0 aliphatic carbocycles. The van der Waals surface area contributed by atoms with Crippen LogP contribution in [0.2, 0.25) is 18.1 Å². The highest BCUT2D eigenvalue weighted by Crippen LogP contribution is 2.38. The second-order valence-electron chi connectivity index (χ2n) is 6.94. The van der Waals surface area contributed by atoms with E-state index < -0.39 is 14.4 Å². The fourth-order valence-corrected chi connectivity index (χ4v) is 3.32. The molecule has 0 saturated carbocycles. The van der Waals surface area contributed by atoms with Crippen LogP contribution < -0.4 is 0 Å². The summed E-state index contributed by atoms with van der Waals surface area (Å²) in [4.78, 5) is 0. The van der Waals surface area contributed by atoms with Crippen LogP contribution in [0.1, 0.15) is 32.4 Å². The number of aliphatic hydroxyl groups is 1. The van der Waals surface area contributed by atoms with Crippen molar-refractivity contribution in [3.05, 3.63) is 47.0 Å². The molecular weight excluding hydrogens is 344 g/mol. The van der Waals surface area contributed by atoms with Crippen molar-refractivity contribution >= 4 is 24.2 Å².